The summed E-state index contributed by atoms with van der Waals surface area (Å²) in [6, 6.07) is 3.31. The fourth-order valence-corrected chi connectivity index (χ4v) is 2.64. The molecule has 0 saturated carbocycles. The maximum absolute atomic E-state index is 11.0. The highest BCUT2D eigenvalue weighted by molar-refractivity contribution is 7.19. The molecule has 0 aliphatic carbocycles. The first kappa shape index (κ1) is 14.9. The zero-order valence-corrected chi connectivity index (χ0v) is 12.5. The van der Waals surface area contributed by atoms with Crippen LogP contribution in [0.3, 0.4) is 0 Å². The van der Waals surface area contributed by atoms with Crippen LogP contribution in [-0.2, 0) is 0 Å². The average Bonchev–Trinajstić information content (AvgIpc) is 2.87. The third-order valence-electron chi connectivity index (χ3n) is 2.79. The zero-order chi connectivity index (χ0) is 15.6. The van der Waals surface area contributed by atoms with Crippen molar-refractivity contribution in [3.63, 3.8) is 0 Å². The molecule has 0 atom stereocenters. The molecule has 2 aromatic rings. The fourth-order valence-electron chi connectivity index (χ4n) is 1.80. The third-order valence-corrected chi connectivity index (χ3v) is 3.71. The fraction of sp³-hybridized carbons (Fsp3) is 0.231. The van der Waals surface area contributed by atoms with Gasteiger partial charge in [-0.05, 0) is 6.07 Å². The Morgan fingerprint density at radius 3 is 2.19 bits per heavy atom. The summed E-state index contributed by atoms with van der Waals surface area (Å²) in [7, 11) is 4.52. The van der Waals surface area contributed by atoms with Gasteiger partial charge in [0.2, 0.25) is 0 Å². The van der Waals surface area contributed by atoms with E-state index in [1.807, 2.05) is 0 Å². The van der Waals surface area contributed by atoms with Gasteiger partial charge in [0.25, 0.3) is 0 Å². The van der Waals surface area contributed by atoms with Crippen LogP contribution in [0.2, 0.25) is 0 Å². The van der Waals surface area contributed by atoms with E-state index in [-0.39, 0.29) is 10.7 Å². The van der Waals surface area contributed by atoms with Crippen LogP contribution in [-0.4, -0.2) is 37.4 Å². The number of anilines is 1. The highest BCUT2D eigenvalue weighted by atomic mass is 32.1. The number of nitrogen functional groups attached to an aromatic ring is 1. The Morgan fingerprint density at radius 2 is 1.71 bits per heavy atom. The molecule has 0 aliphatic rings. The van der Waals surface area contributed by atoms with Gasteiger partial charge in [-0.15, -0.1) is 0 Å². The molecule has 0 fully saturated rings. The maximum Gasteiger partial charge on any atom is 0.357 e. The quantitative estimate of drug-likeness (QED) is 0.871. The van der Waals surface area contributed by atoms with E-state index in [9.17, 15) is 4.79 Å². The molecule has 0 unspecified atom stereocenters. The van der Waals surface area contributed by atoms with Gasteiger partial charge in [0.15, 0.2) is 17.2 Å². The molecule has 0 radical (unpaired) electrons. The second-order valence-electron chi connectivity index (χ2n) is 3.94. The molecule has 21 heavy (non-hydrogen) atoms. The van der Waals surface area contributed by atoms with Gasteiger partial charge in [-0.2, -0.15) is 0 Å². The van der Waals surface area contributed by atoms with Crippen molar-refractivity contribution in [1.29, 1.82) is 0 Å². The molecule has 112 valence electrons. The number of carboxylic acid groups (broad SMARTS) is 1. The van der Waals surface area contributed by atoms with Crippen LogP contribution in [0.25, 0.3) is 10.6 Å². The minimum Gasteiger partial charge on any atom is -0.496 e. The SMILES string of the molecule is COc1cc(OC)c(-c2nc(C(=O)O)c(N)s2)cc1OC. The number of aromatic nitrogens is 1. The number of rotatable bonds is 5. The first-order valence-electron chi connectivity index (χ1n) is 5.81. The van der Waals surface area contributed by atoms with Crippen LogP contribution in [0, 0.1) is 0 Å². The lowest BCUT2D eigenvalue weighted by molar-refractivity contribution is 0.0692. The highest BCUT2D eigenvalue weighted by Crippen LogP contribution is 2.42. The van der Waals surface area contributed by atoms with Crippen LogP contribution in [0.4, 0.5) is 5.00 Å². The molecule has 2 rings (SSSR count). The Hall–Kier alpha value is -2.48. The van der Waals surface area contributed by atoms with Crippen molar-refractivity contribution in [3.8, 4) is 27.8 Å². The standard InChI is InChI=1S/C13H14N2O5S/c1-18-7-5-9(20-3)8(19-2)4-6(7)12-15-10(13(16)17)11(14)21-12/h4-5H,14H2,1-3H3,(H,16,17). The third kappa shape index (κ3) is 2.70. The van der Waals surface area contributed by atoms with Crippen LogP contribution in [0.5, 0.6) is 17.2 Å². The molecule has 8 heteroatoms. The van der Waals surface area contributed by atoms with Crippen LogP contribution in [0.1, 0.15) is 10.5 Å². The summed E-state index contributed by atoms with van der Waals surface area (Å²) in [6.45, 7) is 0. The van der Waals surface area contributed by atoms with Crippen LogP contribution >= 0.6 is 11.3 Å². The molecule has 1 heterocycles. The number of carboxylic acids is 1. The molecule has 0 saturated heterocycles. The Labute approximate surface area is 124 Å². The largest absolute Gasteiger partial charge is 0.496 e. The van der Waals surface area contributed by atoms with Crippen LogP contribution in [0.15, 0.2) is 12.1 Å². The molecule has 1 aromatic carbocycles. The van der Waals surface area contributed by atoms with Crippen molar-refractivity contribution in [2.75, 3.05) is 27.1 Å². The molecular formula is C13H14N2O5S. The first-order chi connectivity index (χ1) is 10.0. The lowest BCUT2D eigenvalue weighted by Gasteiger charge is -2.12. The molecule has 0 aliphatic heterocycles. The van der Waals surface area contributed by atoms with Gasteiger partial charge in [0.1, 0.15) is 15.8 Å². The Bertz CT molecular complexity index is 683. The molecule has 1 aromatic heterocycles. The average molecular weight is 310 g/mol. The number of hydrogen-bond donors (Lipinski definition) is 2. The summed E-state index contributed by atoms with van der Waals surface area (Å²) in [5.41, 5.74) is 6.08. The van der Waals surface area contributed by atoms with Gasteiger partial charge in [0.05, 0.1) is 26.9 Å². The lowest BCUT2D eigenvalue weighted by Crippen LogP contribution is -2.00. The number of nitrogens with zero attached hydrogens (tertiary/aromatic N) is 1. The summed E-state index contributed by atoms with van der Waals surface area (Å²) in [6.07, 6.45) is 0. The van der Waals surface area contributed by atoms with Crippen LogP contribution < -0.4 is 19.9 Å². The Kier molecular flexibility index (Phi) is 4.18. The van der Waals surface area contributed by atoms with Crippen molar-refractivity contribution in [3.05, 3.63) is 17.8 Å². The van der Waals surface area contributed by atoms with Crippen molar-refractivity contribution in [2.45, 2.75) is 0 Å². The van der Waals surface area contributed by atoms with Gasteiger partial charge in [0, 0.05) is 6.07 Å². The minimum atomic E-state index is -1.17. The number of methoxy groups -OCH3 is 3. The summed E-state index contributed by atoms with van der Waals surface area (Å²) in [5.74, 6) is 0.299. The van der Waals surface area contributed by atoms with E-state index in [4.69, 9.17) is 25.1 Å². The van der Waals surface area contributed by atoms with Crippen molar-refractivity contribution in [2.24, 2.45) is 0 Å². The first-order valence-corrected chi connectivity index (χ1v) is 6.63. The van der Waals surface area contributed by atoms with Gasteiger partial charge in [-0.3, -0.25) is 0 Å². The van der Waals surface area contributed by atoms with E-state index in [1.165, 1.54) is 21.3 Å². The summed E-state index contributed by atoms with van der Waals surface area (Å²) in [4.78, 5) is 15.1. The second kappa shape index (κ2) is 5.88. The lowest BCUT2D eigenvalue weighted by atomic mass is 10.2. The summed E-state index contributed by atoms with van der Waals surface area (Å²) in [5, 5.41) is 9.59. The Morgan fingerprint density at radius 1 is 1.14 bits per heavy atom. The highest BCUT2D eigenvalue weighted by Gasteiger charge is 2.20. The second-order valence-corrected chi connectivity index (χ2v) is 4.98. The number of benzene rings is 1. The monoisotopic (exact) mass is 310 g/mol. The number of hydrogen-bond acceptors (Lipinski definition) is 7. The molecule has 0 spiro atoms. The number of aromatic carboxylic acids is 1. The normalized spacial score (nSPS) is 10.2. The molecule has 7 nitrogen and oxygen atoms in total. The van der Waals surface area contributed by atoms with Crippen molar-refractivity contribution < 1.29 is 24.1 Å². The number of ether oxygens (including phenoxy) is 3. The summed E-state index contributed by atoms with van der Waals surface area (Å²) >= 11 is 1.07. The van der Waals surface area contributed by atoms with E-state index >= 15 is 0 Å². The number of thiazole rings is 1. The topological polar surface area (TPSA) is 104 Å². The van der Waals surface area contributed by atoms with Crippen molar-refractivity contribution in [1.82, 2.24) is 4.98 Å². The van der Waals surface area contributed by atoms with Gasteiger partial charge in [-0.25, -0.2) is 9.78 Å². The molecule has 0 amide bonds. The summed E-state index contributed by atoms with van der Waals surface area (Å²) < 4.78 is 15.7. The minimum absolute atomic E-state index is 0.134. The van der Waals surface area contributed by atoms with E-state index < -0.39 is 5.97 Å². The zero-order valence-electron chi connectivity index (χ0n) is 11.7. The molecule has 3 N–H and O–H groups in total. The van der Waals surface area contributed by atoms with Gasteiger partial charge in [-0.1, -0.05) is 11.3 Å². The van der Waals surface area contributed by atoms with E-state index in [0.717, 1.165) is 11.3 Å². The maximum atomic E-state index is 11.0. The van der Waals surface area contributed by atoms with E-state index in [1.54, 1.807) is 12.1 Å². The van der Waals surface area contributed by atoms with Gasteiger partial charge >= 0.3 is 5.97 Å². The van der Waals surface area contributed by atoms with Crippen molar-refractivity contribution >= 4 is 22.3 Å². The smallest absolute Gasteiger partial charge is 0.357 e. The predicted octanol–water partition coefficient (Wildman–Crippen LogP) is 2.12. The molecule has 0 bridgehead atoms. The predicted molar refractivity (Wildman–Crippen MR) is 78.6 cm³/mol. The van der Waals surface area contributed by atoms with Gasteiger partial charge < -0.3 is 25.1 Å². The van der Waals surface area contributed by atoms with E-state index in [2.05, 4.69) is 4.98 Å². The number of nitrogens with two attached hydrogens (primary N) is 1. The Balaban J connectivity index is 2.62. The van der Waals surface area contributed by atoms with E-state index in [0.29, 0.717) is 27.8 Å². The number of carbonyl (C=O) groups is 1. The molecular weight excluding hydrogens is 296 g/mol.